The van der Waals surface area contributed by atoms with Gasteiger partial charge in [-0.25, -0.2) is 0 Å². The van der Waals surface area contributed by atoms with Gasteiger partial charge in [-0.2, -0.15) is 0 Å². The molecule has 1 aliphatic heterocycles. The Morgan fingerprint density at radius 2 is 2.04 bits per heavy atom. The lowest BCUT2D eigenvalue weighted by Gasteiger charge is -2.24. The zero-order valence-electron chi connectivity index (χ0n) is 14.1. The maximum Gasteiger partial charge on any atom is 0.249 e. The van der Waals surface area contributed by atoms with Crippen LogP contribution in [0.4, 0.5) is 0 Å². The van der Waals surface area contributed by atoms with E-state index in [1.807, 2.05) is 0 Å². The molecule has 8 heteroatoms. The van der Waals surface area contributed by atoms with Crippen molar-refractivity contribution in [2.75, 3.05) is 25.4 Å². The summed E-state index contributed by atoms with van der Waals surface area (Å²) in [5.41, 5.74) is 11.2. The standard InChI is InChI=1S/C17H24N4O3S/c18-8-4-9-20-17(24)13-6-3-10-21(13)15(22)11-25-14-7-2-1-5-12(14)16(19)23/h1-2,5,7,13H,3-4,6,8-11,18H2,(H2,19,23)(H,20,24)/t13-/m0/s1. The van der Waals surface area contributed by atoms with Gasteiger partial charge in [0.15, 0.2) is 0 Å². The summed E-state index contributed by atoms with van der Waals surface area (Å²) >= 11 is 1.27. The highest BCUT2D eigenvalue weighted by molar-refractivity contribution is 8.00. The second kappa shape index (κ2) is 9.43. The molecule has 2 rings (SSSR count). The molecule has 1 aliphatic rings. The highest BCUT2D eigenvalue weighted by Crippen LogP contribution is 2.25. The lowest BCUT2D eigenvalue weighted by molar-refractivity contribution is -0.136. The number of hydrogen-bond donors (Lipinski definition) is 3. The second-order valence-electron chi connectivity index (χ2n) is 5.83. The van der Waals surface area contributed by atoms with Gasteiger partial charge in [0, 0.05) is 18.0 Å². The van der Waals surface area contributed by atoms with Crippen LogP contribution in [0.2, 0.25) is 0 Å². The summed E-state index contributed by atoms with van der Waals surface area (Å²) in [6, 6.07) is 6.51. The Morgan fingerprint density at radius 1 is 1.28 bits per heavy atom. The minimum atomic E-state index is -0.520. The Kier molecular flexibility index (Phi) is 7.27. The second-order valence-corrected chi connectivity index (χ2v) is 6.84. The number of benzene rings is 1. The van der Waals surface area contributed by atoms with Gasteiger partial charge in [-0.1, -0.05) is 12.1 Å². The molecule has 1 heterocycles. The zero-order chi connectivity index (χ0) is 18.2. The fourth-order valence-corrected chi connectivity index (χ4v) is 3.73. The largest absolute Gasteiger partial charge is 0.366 e. The average Bonchev–Trinajstić information content (AvgIpc) is 3.10. The first-order valence-electron chi connectivity index (χ1n) is 8.33. The highest BCUT2D eigenvalue weighted by Gasteiger charge is 2.33. The van der Waals surface area contributed by atoms with E-state index in [1.165, 1.54) is 11.8 Å². The van der Waals surface area contributed by atoms with Gasteiger partial charge in [-0.3, -0.25) is 14.4 Å². The lowest BCUT2D eigenvalue weighted by Crippen LogP contribution is -2.46. The van der Waals surface area contributed by atoms with Crippen LogP contribution in [0.5, 0.6) is 0 Å². The molecule has 0 aromatic heterocycles. The molecule has 0 unspecified atom stereocenters. The van der Waals surface area contributed by atoms with Crippen molar-refractivity contribution in [3.05, 3.63) is 29.8 Å². The summed E-state index contributed by atoms with van der Waals surface area (Å²) in [5, 5.41) is 2.83. The number of nitrogens with one attached hydrogen (secondary N) is 1. The van der Waals surface area contributed by atoms with Gasteiger partial charge in [-0.15, -0.1) is 11.8 Å². The van der Waals surface area contributed by atoms with Gasteiger partial charge in [-0.05, 0) is 37.9 Å². The third kappa shape index (κ3) is 5.20. The molecule has 3 amide bonds. The first kappa shape index (κ1) is 19.3. The number of likely N-dealkylation sites (tertiary alicyclic amines) is 1. The summed E-state index contributed by atoms with van der Waals surface area (Å²) < 4.78 is 0. The quantitative estimate of drug-likeness (QED) is 0.454. The Bertz CT molecular complexity index is 638. The van der Waals surface area contributed by atoms with Gasteiger partial charge in [0.05, 0.1) is 11.3 Å². The molecule has 0 aliphatic carbocycles. The van der Waals surface area contributed by atoms with Crippen LogP contribution in [0.1, 0.15) is 29.6 Å². The SMILES string of the molecule is NCCCNC(=O)[C@@H]1CCCN1C(=O)CSc1ccccc1C(N)=O. The third-order valence-electron chi connectivity index (χ3n) is 4.06. The van der Waals surface area contributed by atoms with E-state index in [0.29, 0.717) is 42.9 Å². The number of hydrogen-bond acceptors (Lipinski definition) is 5. The molecule has 1 fully saturated rings. The molecule has 1 aromatic rings. The van der Waals surface area contributed by atoms with Crippen molar-refractivity contribution in [2.24, 2.45) is 11.5 Å². The van der Waals surface area contributed by atoms with Crippen LogP contribution in [0.25, 0.3) is 0 Å². The molecular formula is C17H24N4O3S. The van der Waals surface area contributed by atoms with E-state index >= 15 is 0 Å². The smallest absolute Gasteiger partial charge is 0.249 e. The highest BCUT2D eigenvalue weighted by atomic mass is 32.2. The lowest BCUT2D eigenvalue weighted by atomic mass is 10.2. The van der Waals surface area contributed by atoms with Crippen LogP contribution in [0.3, 0.4) is 0 Å². The van der Waals surface area contributed by atoms with E-state index in [1.54, 1.807) is 29.2 Å². The molecule has 136 valence electrons. The summed E-state index contributed by atoms with van der Waals surface area (Å²) in [6.07, 6.45) is 2.19. The van der Waals surface area contributed by atoms with Crippen LogP contribution < -0.4 is 16.8 Å². The first-order chi connectivity index (χ1) is 12.0. The minimum absolute atomic E-state index is 0.110. The molecule has 0 bridgehead atoms. The van der Waals surface area contributed by atoms with Crippen LogP contribution >= 0.6 is 11.8 Å². The van der Waals surface area contributed by atoms with E-state index in [0.717, 1.165) is 6.42 Å². The molecule has 0 spiro atoms. The topological polar surface area (TPSA) is 119 Å². The average molecular weight is 364 g/mol. The van der Waals surface area contributed by atoms with E-state index in [2.05, 4.69) is 5.32 Å². The van der Waals surface area contributed by atoms with Crippen molar-refractivity contribution >= 4 is 29.5 Å². The van der Waals surface area contributed by atoms with Gasteiger partial charge < -0.3 is 21.7 Å². The van der Waals surface area contributed by atoms with Gasteiger partial charge in [0.25, 0.3) is 0 Å². The Hall–Kier alpha value is -2.06. The summed E-state index contributed by atoms with van der Waals surface area (Å²) in [7, 11) is 0. The molecule has 7 nitrogen and oxygen atoms in total. The van der Waals surface area contributed by atoms with Crippen LogP contribution in [-0.2, 0) is 9.59 Å². The molecule has 5 N–H and O–H groups in total. The molecule has 25 heavy (non-hydrogen) atoms. The number of nitrogens with zero attached hydrogens (tertiary/aromatic N) is 1. The number of thioether (sulfide) groups is 1. The number of carbonyl (C=O) groups is 3. The summed E-state index contributed by atoms with van der Waals surface area (Å²) in [5.74, 6) is -0.590. The minimum Gasteiger partial charge on any atom is -0.366 e. The maximum absolute atomic E-state index is 12.5. The Morgan fingerprint density at radius 3 is 2.76 bits per heavy atom. The number of amides is 3. The monoisotopic (exact) mass is 364 g/mol. The van der Waals surface area contributed by atoms with Crippen molar-refractivity contribution < 1.29 is 14.4 Å². The van der Waals surface area contributed by atoms with Crippen molar-refractivity contribution in [3.63, 3.8) is 0 Å². The molecule has 1 aromatic carbocycles. The van der Waals surface area contributed by atoms with Crippen LogP contribution in [0.15, 0.2) is 29.2 Å². The fraction of sp³-hybridized carbons (Fsp3) is 0.471. The molecule has 0 saturated carbocycles. The van der Waals surface area contributed by atoms with E-state index in [9.17, 15) is 14.4 Å². The van der Waals surface area contributed by atoms with E-state index in [-0.39, 0.29) is 17.6 Å². The summed E-state index contributed by atoms with van der Waals surface area (Å²) in [6.45, 7) is 1.62. The van der Waals surface area contributed by atoms with Crippen molar-refractivity contribution in [1.29, 1.82) is 0 Å². The van der Waals surface area contributed by atoms with Crippen molar-refractivity contribution in [1.82, 2.24) is 10.2 Å². The van der Waals surface area contributed by atoms with Crippen molar-refractivity contribution in [2.45, 2.75) is 30.2 Å². The first-order valence-corrected chi connectivity index (χ1v) is 9.32. The molecule has 1 saturated heterocycles. The number of carbonyl (C=O) groups excluding carboxylic acids is 3. The number of rotatable bonds is 8. The number of nitrogens with two attached hydrogens (primary N) is 2. The van der Waals surface area contributed by atoms with E-state index < -0.39 is 11.9 Å². The maximum atomic E-state index is 12.5. The number of primary amides is 1. The summed E-state index contributed by atoms with van der Waals surface area (Å²) in [4.78, 5) is 38.5. The Balaban J connectivity index is 1.93. The molecular weight excluding hydrogens is 340 g/mol. The molecule has 1 atom stereocenters. The van der Waals surface area contributed by atoms with Gasteiger partial charge in [0.1, 0.15) is 6.04 Å². The molecule has 0 radical (unpaired) electrons. The fourth-order valence-electron chi connectivity index (χ4n) is 2.79. The van der Waals surface area contributed by atoms with Gasteiger partial charge in [0.2, 0.25) is 17.7 Å². The van der Waals surface area contributed by atoms with E-state index in [4.69, 9.17) is 11.5 Å². The normalized spacial score (nSPS) is 16.7. The van der Waals surface area contributed by atoms with Crippen molar-refractivity contribution in [3.8, 4) is 0 Å². The van der Waals surface area contributed by atoms with Gasteiger partial charge >= 0.3 is 0 Å². The predicted molar refractivity (Wildman–Crippen MR) is 97.1 cm³/mol. The third-order valence-corrected chi connectivity index (χ3v) is 5.12. The van der Waals surface area contributed by atoms with Crippen LogP contribution in [0, 0.1) is 0 Å². The Labute approximate surface area is 151 Å². The predicted octanol–water partition coefficient (Wildman–Crippen LogP) is 0.334. The van der Waals surface area contributed by atoms with Crippen LogP contribution in [-0.4, -0.2) is 54.1 Å². The zero-order valence-corrected chi connectivity index (χ0v) is 14.9.